The summed E-state index contributed by atoms with van der Waals surface area (Å²) < 4.78 is 32.5. The largest absolute Gasteiger partial charge is 0.442 e. The average molecular weight is 355 g/mol. The third-order valence-corrected chi connectivity index (χ3v) is 4.77. The lowest BCUT2D eigenvalue weighted by molar-refractivity contribution is 0.0995. The number of anilines is 1. The number of fused-ring (bicyclic) bond motifs is 1. The Morgan fingerprint density at radius 2 is 2.13 bits per heavy atom. The van der Waals surface area contributed by atoms with Crippen LogP contribution in [0.25, 0.3) is 11.0 Å². The smallest absolute Gasteiger partial charge is 0.296 e. The van der Waals surface area contributed by atoms with Gasteiger partial charge in [0.1, 0.15) is 11.3 Å². The number of primary amides is 1. The van der Waals surface area contributed by atoms with Crippen molar-refractivity contribution in [3.8, 4) is 0 Å². The van der Waals surface area contributed by atoms with E-state index in [0.717, 1.165) is 0 Å². The van der Waals surface area contributed by atoms with E-state index >= 15 is 0 Å². The first-order valence-electron chi connectivity index (χ1n) is 6.34. The molecular weight excluding hydrogens is 344 g/mol. The van der Waals surface area contributed by atoms with Crippen LogP contribution in [-0.4, -0.2) is 24.5 Å². The van der Waals surface area contributed by atoms with Crippen LogP contribution >= 0.6 is 11.6 Å². The quantitative estimate of drug-likeness (QED) is 0.659. The van der Waals surface area contributed by atoms with Crippen molar-refractivity contribution in [2.75, 3.05) is 4.72 Å². The van der Waals surface area contributed by atoms with Crippen molar-refractivity contribution in [3.05, 3.63) is 40.5 Å². The van der Waals surface area contributed by atoms with E-state index in [0.29, 0.717) is 21.6 Å². The molecule has 0 bridgehead atoms. The number of H-pyrrole nitrogens is 1. The molecule has 3 rings (SSSR count). The van der Waals surface area contributed by atoms with Crippen LogP contribution in [0.5, 0.6) is 0 Å². The first-order chi connectivity index (χ1) is 10.8. The molecule has 0 aliphatic heterocycles. The summed E-state index contributed by atoms with van der Waals surface area (Å²) in [6.07, 6.45) is 0. The molecule has 0 saturated heterocycles. The number of aryl methyl sites for hydroxylation is 1. The summed E-state index contributed by atoms with van der Waals surface area (Å²) >= 11 is 5.91. The van der Waals surface area contributed by atoms with Crippen LogP contribution in [0.4, 0.5) is 5.82 Å². The van der Waals surface area contributed by atoms with E-state index in [1.54, 1.807) is 25.1 Å². The van der Waals surface area contributed by atoms with Crippen molar-refractivity contribution in [1.82, 2.24) is 10.2 Å². The SMILES string of the molecule is Cc1c(S(=O)(=O)Nc2cc(C(N)=O)[nH]n2)oc2ccc(Cl)cc12. The Morgan fingerprint density at radius 3 is 2.78 bits per heavy atom. The number of aromatic amines is 1. The molecule has 2 heterocycles. The summed E-state index contributed by atoms with van der Waals surface area (Å²) in [6, 6.07) is 6.00. The highest BCUT2D eigenvalue weighted by molar-refractivity contribution is 7.92. The van der Waals surface area contributed by atoms with Gasteiger partial charge in [-0.05, 0) is 25.1 Å². The van der Waals surface area contributed by atoms with Crippen LogP contribution in [0, 0.1) is 6.92 Å². The molecule has 10 heteroatoms. The molecule has 120 valence electrons. The van der Waals surface area contributed by atoms with Gasteiger partial charge in [0, 0.05) is 22.0 Å². The standard InChI is InChI=1S/C13H11ClN4O4S/c1-6-8-4-7(14)2-3-10(8)22-13(6)23(20,21)18-11-5-9(12(15)19)16-17-11/h2-5H,1H3,(H2,15,19)(H2,16,17,18). The Balaban J connectivity index is 2.02. The minimum absolute atomic E-state index is 0.0178. The van der Waals surface area contributed by atoms with Gasteiger partial charge in [-0.3, -0.25) is 14.6 Å². The van der Waals surface area contributed by atoms with E-state index in [9.17, 15) is 13.2 Å². The van der Waals surface area contributed by atoms with Gasteiger partial charge in [-0.1, -0.05) is 11.6 Å². The summed E-state index contributed by atoms with van der Waals surface area (Å²) in [4.78, 5) is 11.0. The summed E-state index contributed by atoms with van der Waals surface area (Å²) in [7, 11) is -4.03. The normalized spacial score (nSPS) is 11.7. The molecule has 3 aromatic rings. The lowest BCUT2D eigenvalue weighted by Crippen LogP contribution is -2.13. The van der Waals surface area contributed by atoms with Crippen molar-refractivity contribution >= 4 is 44.3 Å². The highest BCUT2D eigenvalue weighted by Crippen LogP contribution is 2.31. The van der Waals surface area contributed by atoms with Gasteiger partial charge in [-0.25, -0.2) is 0 Å². The van der Waals surface area contributed by atoms with E-state index in [-0.39, 0.29) is 16.6 Å². The van der Waals surface area contributed by atoms with Gasteiger partial charge in [-0.15, -0.1) is 0 Å². The van der Waals surface area contributed by atoms with Crippen LogP contribution in [-0.2, 0) is 10.0 Å². The lowest BCUT2D eigenvalue weighted by atomic mass is 10.2. The zero-order chi connectivity index (χ0) is 16.8. The summed E-state index contributed by atoms with van der Waals surface area (Å²) in [6.45, 7) is 1.61. The highest BCUT2D eigenvalue weighted by Gasteiger charge is 2.25. The Hall–Kier alpha value is -2.52. The average Bonchev–Trinajstić information content (AvgIpc) is 3.04. The number of nitrogens with zero attached hydrogens (tertiary/aromatic N) is 1. The maximum atomic E-state index is 12.4. The van der Waals surface area contributed by atoms with Crippen LogP contribution in [0.2, 0.25) is 5.02 Å². The molecule has 23 heavy (non-hydrogen) atoms. The zero-order valence-electron chi connectivity index (χ0n) is 11.8. The highest BCUT2D eigenvalue weighted by atomic mass is 35.5. The number of benzene rings is 1. The van der Waals surface area contributed by atoms with E-state index in [1.807, 2.05) is 0 Å². The fourth-order valence-electron chi connectivity index (χ4n) is 2.11. The van der Waals surface area contributed by atoms with E-state index in [2.05, 4.69) is 14.9 Å². The molecule has 0 fully saturated rings. The van der Waals surface area contributed by atoms with Gasteiger partial charge < -0.3 is 10.2 Å². The molecule has 2 aromatic heterocycles. The first kappa shape index (κ1) is 15.4. The van der Waals surface area contributed by atoms with Crippen LogP contribution < -0.4 is 10.5 Å². The summed E-state index contributed by atoms with van der Waals surface area (Å²) in [5.41, 5.74) is 5.87. The number of aromatic nitrogens is 2. The Morgan fingerprint density at radius 1 is 1.39 bits per heavy atom. The monoisotopic (exact) mass is 354 g/mol. The molecule has 0 radical (unpaired) electrons. The van der Waals surface area contributed by atoms with Crippen LogP contribution in [0.15, 0.2) is 33.8 Å². The third-order valence-electron chi connectivity index (χ3n) is 3.18. The van der Waals surface area contributed by atoms with Gasteiger partial charge in [-0.2, -0.15) is 13.5 Å². The second-order valence-corrected chi connectivity index (χ2v) is 6.81. The van der Waals surface area contributed by atoms with E-state index in [4.69, 9.17) is 21.8 Å². The number of hydrogen-bond donors (Lipinski definition) is 3. The van der Waals surface area contributed by atoms with Gasteiger partial charge in [0.2, 0.25) is 5.09 Å². The Bertz CT molecular complexity index is 1020. The predicted octanol–water partition coefficient (Wildman–Crippen LogP) is 2.02. The molecule has 0 aliphatic rings. The lowest BCUT2D eigenvalue weighted by Gasteiger charge is -2.02. The number of nitrogens with one attached hydrogen (secondary N) is 2. The zero-order valence-corrected chi connectivity index (χ0v) is 13.3. The number of carbonyl (C=O) groups excluding carboxylic acids is 1. The number of furan rings is 1. The van der Waals surface area contributed by atoms with Gasteiger partial charge in [0.15, 0.2) is 5.82 Å². The molecule has 0 atom stereocenters. The van der Waals surface area contributed by atoms with Crippen molar-refractivity contribution in [3.63, 3.8) is 0 Å². The molecule has 0 spiro atoms. The second kappa shape index (κ2) is 5.28. The maximum Gasteiger partial charge on any atom is 0.296 e. The number of rotatable bonds is 4. The Labute approximate surface area is 135 Å². The molecule has 0 aliphatic carbocycles. The number of nitrogens with two attached hydrogens (primary N) is 1. The number of amides is 1. The minimum Gasteiger partial charge on any atom is -0.442 e. The van der Waals surface area contributed by atoms with Crippen molar-refractivity contribution < 1.29 is 17.6 Å². The van der Waals surface area contributed by atoms with Crippen molar-refractivity contribution in [1.29, 1.82) is 0 Å². The number of carbonyl (C=O) groups is 1. The fraction of sp³-hybridized carbons (Fsp3) is 0.0769. The van der Waals surface area contributed by atoms with Crippen molar-refractivity contribution in [2.45, 2.75) is 12.0 Å². The number of sulfonamides is 1. The molecule has 8 nitrogen and oxygen atoms in total. The van der Waals surface area contributed by atoms with Gasteiger partial charge >= 0.3 is 0 Å². The van der Waals surface area contributed by atoms with Crippen molar-refractivity contribution in [2.24, 2.45) is 5.73 Å². The topological polar surface area (TPSA) is 131 Å². The molecule has 4 N–H and O–H groups in total. The van der Waals surface area contributed by atoms with Gasteiger partial charge in [0.25, 0.3) is 15.9 Å². The molecule has 0 unspecified atom stereocenters. The number of halogens is 1. The second-order valence-electron chi connectivity index (χ2n) is 4.79. The third kappa shape index (κ3) is 2.76. The summed E-state index contributed by atoms with van der Waals surface area (Å²) in [5, 5.41) is 6.81. The molecule has 0 saturated carbocycles. The molecule has 1 aromatic carbocycles. The predicted molar refractivity (Wildman–Crippen MR) is 83.9 cm³/mol. The number of hydrogen-bond acceptors (Lipinski definition) is 5. The summed E-state index contributed by atoms with van der Waals surface area (Å²) in [5.74, 6) is -0.825. The van der Waals surface area contributed by atoms with Crippen LogP contribution in [0.3, 0.4) is 0 Å². The first-order valence-corrected chi connectivity index (χ1v) is 8.21. The van der Waals surface area contributed by atoms with Crippen LogP contribution in [0.1, 0.15) is 16.1 Å². The maximum absolute atomic E-state index is 12.4. The molecule has 1 amide bonds. The molecular formula is C13H11ClN4O4S. The Kier molecular flexibility index (Phi) is 3.53. The minimum atomic E-state index is -4.03. The fourth-order valence-corrected chi connectivity index (χ4v) is 3.47. The van der Waals surface area contributed by atoms with Gasteiger partial charge in [0.05, 0.1) is 0 Å². The van der Waals surface area contributed by atoms with E-state index in [1.165, 1.54) is 6.07 Å². The van der Waals surface area contributed by atoms with E-state index < -0.39 is 15.9 Å².